The van der Waals surface area contributed by atoms with Crippen molar-refractivity contribution in [3.05, 3.63) is 65.5 Å². The molecule has 0 spiro atoms. The normalized spacial score (nSPS) is 19.0. The second-order valence-electron chi connectivity index (χ2n) is 5.79. The minimum Gasteiger partial charge on any atom is -0.283 e. The van der Waals surface area contributed by atoms with Gasteiger partial charge in [0, 0.05) is 17.4 Å². The van der Waals surface area contributed by atoms with E-state index in [1.807, 2.05) is 31.2 Å². The number of nitrogens with zero attached hydrogens (tertiary/aromatic N) is 2. The molecule has 3 nitrogen and oxygen atoms in total. The number of aliphatic imine (C=N–C) groups is 1. The summed E-state index contributed by atoms with van der Waals surface area (Å²) in [5.74, 6) is 0.356. The molecule has 1 atom stereocenters. The van der Waals surface area contributed by atoms with Crippen LogP contribution in [0.3, 0.4) is 0 Å². The summed E-state index contributed by atoms with van der Waals surface area (Å²) in [6.45, 7) is 4.08. The van der Waals surface area contributed by atoms with E-state index in [1.165, 1.54) is 24.3 Å². The first-order chi connectivity index (χ1) is 11.6. The number of aryl methyl sites for hydroxylation is 1. The molecule has 0 aromatic heterocycles. The first-order valence-electron chi connectivity index (χ1n) is 7.95. The fraction of sp³-hybridized carbons (Fsp3) is 0.263. The molecular formula is C19H19FN2OS. The average Bonchev–Trinajstić information content (AvgIpc) is 2.97. The summed E-state index contributed by atoms with van der Waals surface area (Å²) in [4.78, 5) is 19.3. The highest BCUT2D eigenvalue weighted by atomic mass is 32.2. The van der Waals surface area contributed by atoms with Crippen molar-refractivity contribution in [3.63, 3.8) is 0 Å². The molecule has 1 heterocycles. The molecule has 1 saturated heterocycles. The van der Waals surface area contributed by atoms with Crippen LogP contribution in [0.15, 0.2) is 53.5 Å². The lowest BCUT2D eigenvalue weighted by atomic mass is 10.1. The van der Waals surface area contributed by atoms with Crippen molar-refractivity contribution in [2.45, 2.75) is 26.3 Å². The molecule has 1 fully saturated rings. The summed E-state index contributed by atoms with van der Waals surface area (Å²) in [5, 5.41) is 0.710. The van der Waals surface area contributed by atoms with Crippen LogP contribution in [-0.4, -0.2) is 27.8 Å². The zero-order valence-electron chi connectivity index (χ0n) is 13.7. The van der Waals surface area contributed by atoms with E-state index in [2.05, 4.69) is 11.9 Å². The maximum absolute atomic E-state index is 13.1. The van der Waals surface area contributed by atoms with E-state index in [0.717, 1.165) is 23.4 Å². The molecule has 2 aromatic carbocycles. The van der Waals surface area contributed by atoms with Crippen LogP contribution >= 0.6 is 11.8 Å². The monoisotopic (exact) mass is 342 g/mol. The Hall–Kier alpha value is -2.14. The van der Waals surface area contributed by atoms with Crippen molar-refractivity contribution < 1.29 is 9.18 Å². The molecule has 124 valence electrons. The van der Waals surface area contributed by atoms with Gasteiger partial charge in [-0.2, -0.15) is 0 Å². The van der Waals surface area contributed by atoms with Gasteiger partial charge in [-0.05, 0) is 55.3 Å². The predicted octanol–water partition coefficient (Wildman–Crippen LogP) is 4.79. The third-order valence-corrected chi connectivity index (χ3v) is 5.08. The first kappa shape index (κ1) is 16.7. The van der Waals surface area contributed by atoms with Gasteiger partial charge in [-0.15, -0.1) is 0 Å². The van der Waals surface area contributed by atoms with Gasteiger partial charge >= 0.3 is 0 Å². The summed E-state index contributed by atoms with van der Waals surface area (Å²) in [6, 6.07) is 13.7. The lowest BCUT2D eigenvalue weighted by molar-refractivity contribution is 0.0819. The van der Waals surface area contributed by atoms with Gasteiger partial charge in [0.1, 0.15) is 5.82 Å². The highest BCUT2D eigenvalue weighted by Crippen LogP contribution is 2.30. The quantitative estimate of drug-likeness (QED) is 0.803. The van der Waals surface area contributed by atoms with Gasteiger partial charge in [0.25, 0.3) is 5.91 Å². The number of amides is 1. The zero-order chi connectivity index (χ0) is 17.1. The van der Waals surface area contributed by atoms with Crippen LogP contribution in [0.2, 0.25) is 0 Å². The molecule has 0 aliphatic carbocycles. The third-order valence-electron chi connectivity index (χ3n) is 3.98. The number of thioether (sulfide) groups is 1. The van der Waals surface area contributed by atoms with Crippen LogP contribution in [0.5, 0.6) is 0 Å². The Bertz CT molecular complexity index is 773. The number of halogens is 1. The summed E-state index contributed by atoms with van der Waals surface area (Å²) in [7, 11) is 0. The molecule has 0 radical (unpaired) electrons. The molecule has 0 saturated carbocycles. The fourth-order valence-corrected chi connectivity index (χ4v) is 3.92. The number of hydrogen-bond acceptors (Lipinski definition) is 3. The summed E-state index contributed by atoms with van der Waals surface area (Å²) >= 11 is 1.59. The molecule has 3 rings (SSSR count). The van der Waals surface area contributed by atoms with Crippen molar-refractivity contribution in [2.24, 2.45) is 4.99 Å². The van der Waals surface area contributed by atoms with E-state index in [9.17, 15) is 9.18 Å². The Balaban J connectivity index is 1.94. The lowest BCUT2D eigenvalue weighted by Gasteiger charge is -2.23. The van der Waals surface area contributed by atoms with Crippen LogP contribution in [0.25, 0.3) is 0 Å². The van der Waals surface area contributed by atoms with Crippen LogP contribution < -0.4 is 0 Å². The number of benzene rings is 2. The first-order valence-corrected chi connectivity index (χ1v) is 8.94. The molecule has 5 heteroatoms. The maximum Gasteiger partial charge on any atom is 0.260 e. The Morgan fingerprint density at radius 3 is 2.71 bits per heavy atom. The summed E-state index contributed by atoms with van der Waals surface area (Å²) < 4.78 is 13.1. The van der Waals surface area contributed by atoms with Gasteiger partial charge in [-0.25, -0.2) is 9.38 Å². The van der Waals surface area contributed by atoms with Crippen molar-refractivity contribution in [3.8, 4) is 0 Å². The molecule has 24 heavy (non-hydrogen) atoms. The minimum absolute atomic E-state index is 0.108. The second-order valence-corrected chi connectivity index (χ2v) is 6.78. The highest BCUT2D eigenvalue weighted by Gasteiger charge is 2.34. The molecule has 1 amide bonds. The van der Waals surface area contributed by atoms with E-state index in [-0.39, 0.29) is 17.8 Å². The summed E-state index contributed by atoms with van der Waals surface area (Å²) in [6.07, 6.45) is 0.854. The molecular weight excluding hydrogens is 323 g/mol. The maximum atomic E-state index is 13.1. The lowest BCUT2D eigenvalue weighted by Crippen LogP contribution is -2.39. The number of hydrogen-bond donors (Lipinski definition) is 0. The predicted molar refractivity (Wildman–Crippen MR) is 97.4 cm³/mol. The molecule has 0 bridgehead atoms. The Kier molecular flexibility index (Phi) is 5.00. The Morgan fingerprint density at radius 2 is 2.04 bits per heavy atom. The van der Waals surface area contributed by atoms with E-state index < -0.39 is 0 Å². The Morgan fingerprint density at radius 1 is 1.29 bits per heavy atom. The zero-order valence-corrected chi connectivity index (χ0v) is 14.5. The number of carbonyl (C=O) groups is 1. The fourth-order valence-electron chi connectivity index (χ4n) is 2.65. The second kappa shape index (κ2) is 7.18. The van der Waals surface area contributed by atoms with E-state index in [0.29, 0.717) is 10.7 Å². The van der Waals surface area contributed by atoms with E-state index in [1.54, 1.807) is 16.7 Å². The largest absolute Gasteiger partial charge is 0.283 e. The molecule has 1 aliphatic rings. The van der Waals surface area contributed by atoms with Gasteiger partial charge in [0.15, 0.2) is 5.17 Å². The topological polar surface area (TPSA) is 32.7 Å². The number of rotatable bonds is 3. The van der Waals surface area contributed by atoms with Gasteiger partial charge in [0.05, 0.1) is 5.69 Å². The summed E-state index contributed by atoms with van der Waals surface area (Å²) in [5.41, 5.74) is 2.45. The number of amidine groups is 1. The van der Waals surface area contributed by atoms with Gasteiger partial charge in [-0.1, -0.05) is 30.8 Å². The van der Waals surface area contributed by atoms with Crippen molar-refractivity contribution in [2.75, 3.05) is 5.75 Å². The minimum atomic E-state index is -0.344. The van der Waals surface area contributed by atoms with E-state index in [4.69, 9.17) is 0 Å². The van der Waals surface area contributed by atoms with Crippen LogP contribution in [0.1, 0.15) is 29.3 Å². The Labute approximate surface area is 145 Å². The standard InChI is InChI=1S/C19H19FN2OS/c1-3-17-12-24-19(21-16-6-4-5-13(2)11-16)22(17)18(23)14-7-9-15(20)10-8-14/h4-11,17H,3,12H2,1-2H3/t17-/m0/s1. The molecule has 1 aliphatic heterocycles. The van der Waals surface area contributed by atoms with Crippen LogP contribution in [0.4, 0.5) is 10.1 Å². The molecule has 2 aromatic rings. The molecule has 0 N–H and O–H groups in total. The number of carbonyl (C=O) groups excluding carboxylic acids is 1. The highest BCUT2D eigenvalue weighted by molar-refractivity contribution is 8.14. The van der Waals surface area contributed by atoms with Gasteiger partial charge in [0.2, 0.25) is 0 Å². The van der Waals surface area contributed by atoms with Gasteiger partial charge in [-0.3, -0.25) is 9.69 Å². The molecule has 0 unspecified atom stereocenters. The van der Waals surface area contributed by atoms with Crippen LogP contribution in [0, 0.1) is 12.7 Å². The average molecular weight is 342 g/mol. The van der Waals surface area contributed by atoms with Crippen molar-refractivity contribution in [1.29, 1.82) is 0 Å². The van der Waals surface area contributed by atoms with Crippen molar-refractivity contribution >= 4 is 28.5 Å². The van der Waals surface area contributed by atoms with E-state index >= 15 is 0 Å². The van der Waals surface area contributed by atoms with Crippen LogP contribution in [-0.2, 0) is 0 Å². The SMILES string of the molecule is CC[C@H]1CSC(=Nc2cccc(C)c2)N1C(=O)c1ccc(F)cc1. The van der Waals surface area contributed by atoms with Gasteiger partial charge < -0.3 is 0 Å². The smallest absolute Gasteiger partial charge is 0.260 e. The third kappa shape index (κ3) is 3.51. The van der Waals surface area contributed by atoms with Crippen molar-refractivity contribution in [1.82, 2.24) is 4.90 Å².